The molecular formula is C16H30BFN2. The minimum Gasteiger partial charge on any atom is -0.389 e. The average molecular weight is 280 g/mol. The molecule has 0 saturated carbocycles. The quantitative estimate of drug-likeness (QED) is 0.545. The second kappa shape index (κ2) is 14.2. The molecule has 0 atom stereocenters. The van der Waals surface area contributed by atoms with E-state index in [0.717, 1.165) is 18.6 Å². The van der Waals surface area contributed by atoms with Crippen LogP contribution < -0.4 is 5.32 Å². The van der Waals surface area contributed by atoms with Crippen molar-refractivity contribution in [1.29, 1.82) is 5.26 Å². The molecule has 0 aromatic rings. The number of allylic oxidation sites excluding steroid dienone is 4. The monoisotopic (exact) mass is 280 g/mol. The number of nitriles is 1. The minimum absolute atomic E-state index is 0.294. The molecule has 114 valence electrons. The molecule has 0 heterocycles. The molecule has 0 aromatic carbocycles. The Morgan fingerprint density at radius 3 is 2.25 bits per heavy atom. The van der Waals surface area contributed by atoms with Crippen molar-refractivity contribution in [3.05, 3.63) is 23.4 Å². The van der Waals surface area contributed by atoms with Crippen LogP contribution in [0.2, 0.25) is 12.6 Å². The Bertz CT molecular complexity index is 320. The van der Waals surface area contributed by atoms with Crippen LogP contribution in [0, 0.1) is 17.1 Å². The zero-order chi connectivity index (χ0) is 16.0. The fourth-order valence-electron chi connectivity index (χ4n) is 1.36. The van der Waals surface area contributed by atoms with E-state index in [1.54, 1.807) is 13.1 Å². The van der Waals surface area contributed by atoms with E-state index in [1.807, 2.05) is 19.9 Å². The molecule has 0 aliphatic carbocycles. The molecule has 0 bridgehead atoms. The van der Waals surface area contributed by atoms with Crippen molar-refractivity contribution in [3.8, 4) is 5.97 Å². The predicted octanol–water partition coefficient (Wildman–Crippen LogP) is 4.64. The summed E-state index contributed by atoms with van der Waals surface area (Å²) in [7, 11) is 1.71. The fourth-order valence-corrected chi connectivity index (χ4v) is 1.36. The molecule has 0 saturated heterocycles. The smallest absolute Gasteiger partial charge is 0.267 e. The maximum atomic E-state index is 11.9. The van der Waals surface area contributed by atoms with E-state index < -0.39 is 6.67 Å². The summed E-state index contributed by atoms with van der Waals surface area (Å²) in [4.78, 5) is 0. The van der Waals surface area contributed by atoms with Gasteiger partial charge in [0.25, 0.3) is 6.71 Å². The highest BCUT2D eigenvalue weighted by atomic mass is 19.1. The van der Waals surface area contributed by atoms with Crippen LogP contribution in [-0.4, -0.2) is 20.4 Å². The lowest BCUT2D eigenvalue weighted by molar-refractivity contribution is 0.526. The summed E-state index contributed by atoms with van der Waals surface area (Å²) in [5.41, 5.74) is 1.78. The van der Waals surface area contributed by atoms with Crippen LogP contribution in [0.1, 0.15) is 41.0 Å². The van der Waals surface area contributed by atoms with Crippen molar-refractivity contribution < 1.29 is 4.39 Å². The lowest BCUT2D eigenvalue weighted by Gasteiger charge is -2.03. The number of nitrogens with zero attached hydrogens (tertiary/aromatic N) is 1. The highest BCUT2D eigenvalue weighted by Gasteiger charge is 2.10. The van der Waals surface area contributed by atoms with E-state index >= 15 is 0 Å². The molecule has 0 amide bonds. The van der Waals surface area contributed by atoms with Crippen molar-refractivity contribution in [2.45, 2.75) is 53.7 Å². The topological polar surface area (TPSA) is 35.8 Å². The Hall–Kier alpha value is -1.24. The van der Waals surface area contributed by atoms with Gasteiger partial charge in [-0.3, -0.25) is 0 Å². The van der Waals surface area contributed by atoms with Crippen LogP contribution in [0.3, 0.4) is 0 Å². The molecule has 2 nitrogen and oxygen atoms in total. The first-order chi connectivity index (χ1) is 9.40. The summed E-state index contributed by atoms with van der Waals surface area (Å²) in [5.74, 6) is 3.05. The van der Waals surface area contributed by atoms with E-state index in [-0.39, 0.29) is 0 Å². The second-order valence-corrected chi connectivity index (χ2v) is 5.53. The van der Waals surface area contributed by atoms with Crippen molar-refractivity contribution >= 4 is 6.71 Å². The van der Waals surface area contributed by atoms with E-state index in [2.05, 4.69) is 32.1 Å². The Morgan fingerprint density at radius 2 is 1.95 bits per heavy atom. The number of rotatable bonds is 7. The first-order valence-corrected chi connectivity index (χ1v) is 7.38. The Balaban J connectivity index is 0. The van der Waals surface area contributed by atoms with Crippen molar-refractivity contribution in [2.75, 3.05) is 13.7 Å². The van der Waals surface area contributed by atoms with Gasteiger partial charge in [-0.1, -0.05) is 51.5 Å². The maximum Gasteiger partial charge on any atom is 0.267 e. The summed E-state index contributed by atoms with van der Waals surface area (Å²) >= 11 is 0. The molecule has 20 heavy (non-hydrogen) atoms. The van der Waals surface area contributed by atoms with Gasteiger partial charge in [0.15, 0.2) is 0 Å². The van der Waals surface area contributed by atoms with Gasteiger partial charge in [-0.05, 0) is 25.8 Å². The molecule has 0 radical (unpaired) electrons. The summed E-state index contributed by atoms with van der Waals surface area (Å²) < 4.78 is 11.9. The van der Waals surface area contributed by atoms with Crippen LogP contribution >= 0.6 is 0 Å². The van der Waals surface area contributed by atoms with Crippen LogP contribution in [0.25, 0.3) is 0 Å². The van der Waals surface area contributed by atoms with Crippen LogP contribution in [0.5, 0.6) is 0 Å². The normalized spacial score (nSPS) is 10.2. The molecule has 0 aliphatic heterocycles. The number of nitrogens with one attached hydrogen (secondary N) is 1. The zero-order valence-corrected chi connectivity index (χ0v) is 14.0. The third-order valence-electron chi connectivity index (χ3n) is 2.85. The van der Waals surface area contributed by atoms with Crippen molar-refractivity contribution in [2.24, 2.45) is 5.92 Å². The third kappa shape index (κ3) is 14.8. The van der Waals surface area contributed by atoms with Gasteiger partial charge in [0, 0.05) is 18.7 Å². The molecule has 1 N–H and O–H groups in total. The number of halogens is 1. The first kappa shape index (κ1) is 21.1. The predicted molar refractivity (Wildman–Crippen MR) is 88.7 cm³/mol. The molecule has 0 rings (SSSR count). The van der Waals surface area contributed by atoms with Gasteiger partial charge in [0.2, 0.25) is 0 Å². The Kier molecular flexibility index (Phi) is 14.9. The highest BCUT2D eigenvalue weighted by Crippen LogP contribution is 2.08. The lowest BCUT2D eigenvalue weighted by Crippen LogP contribution is -2.08. The lowest BCUT2D eigenvalue weighted by atomic mass is 9.46. The number of alkyl halides is 1. The first-order valence-electron chi connectivity index (χ1n) is 7.38. The minimum atomic E-state index is -0.430. The summed E-state index contributed by atoms with van der Waals surface area (Å²) in [6.07, 6.45) is 6.89. The largest absolute Gasteiger partial charge is 0.389 e. The molecule has 0 spiro atoms. The third-order valence-corrected chi connectivity index (χ3v) is 2.85. The van der Waals surface area contributed by atoms with E-state index in [4.69, 9.17) is 5.26 Å². The van der Waals surface area contributed by atoms with Gasteiger partial charge in [-0.25, -0.2) is 9.65 Å². The summed E-state index contributed by atoms with van der Waals surface area (Å²) in [6.45, 7) is 10.3. The molecule has 0 aliphatic rings. The molecular weight excluding hydrogens is 250 g/mol. The summed E-state index contributed by atoms with van der Waals surface area (Å²) in [5, 5.41) is 11.3. The van der Waals surface area contributed by atoms with Gasteiger partial charge in [-0.15, -0.1) is 0 Å². The Morgan fingerprint density at radius 1 is 1.35 bits per heavy atom. The standard InChI is InChI=1S/C8H16BN.C8H14FN/c1-4-9(7-10)6-5-8(2)3;1-7(2)4-5-8(6-9)10-3/h8H,4-6H2,1-3H3;4-5,10H,6H2,1-3H3/b;8-5-. The van der Waals surface area contributed by atoms with Gasteiger partial charge in [-0.2, -0.15) is 0 Å². The van der Waals surface area contributed by atoms with Gasteiger partial charge in [0.05, 0.1) is 0 Å². The molecule has 0 fully saturated rings. The second-order valence-electron chi connectivity index (χ2n) is 5.53. The van der Waals surface area contributed by atoms with Gasteiger partial charge >= 0.3 is 0 Å². The number of hydrogen-bond donors (Lipinski definition) is 1. The van der Waals surface area contributed by atoms with E-state index in [0.29, 0.717) is 12.4 Å². The average Bonchev–Trinajstić information content (AvgIpc) is 2.41. The molecule has 4 heteroatoms. The fraction of sp³-hybridized carbons (Fsp3) is 0.688. The van der Waals surface area contributed by atoms with Crippen LogP contribution in [0.4, 0.5) is 4.39 Å². The van der Waals surface area contributed by atoms with Crippen molar-refractivity contribution in [3.63, 3.8) is 0 Å². The maximum absolute atomic E-state index is 11.9. The SMILES string of the molecule is CCB(C#N)CCC(C)C.CN/C(=C\C=C(C)C)CF. The van der Waals surface area contributed by atoms with E-state index in [9.17, 15) is 4.39 Å². The van der Waals surface area contributed by atoms with Crippen LogP contribution in [-0.2, 0) is 0 Å². The molecule has 0 unspecified atom stereocenters. The number of hydrogen-bond acceptors (Lipinski definition) is 2. The van der Waals surface area contributed by atoms with Gasteiger partial charge < -0.3 is 5.32 Å². The summed E-state index contributed by atoms with van der Waals surface area (Å²) in [6, 6.07) is 0. The van der Waals surface area contributed by atoms with Crippen molar-refractivity contribution in [1.82, 2.24) is 5.32 Å². The van der Waals surface area contributed by atoms with Crippen LogP contribution in [0.15, 0.2) is 23.4 Å². The highest BCUT2D eigenvalue weighted by molar-refractivity contribution is 6.66. The Labute approximate surface area is 125 Å². The van der Waals surface area contributed by atoms with Gasteiger partial charge in [0.1, 0.15) is 6.67 Å². The molecule has 0 aromatic heterocycles. The zero-order valence-electron chi connectivity index (χ0n) is 14.0. The van der Waals surface area contributed by atoms with E-state index in [1.165, 1.54) is 12.0 Å².